The number of amides is 1. The zero-order chi connectivity index (χ0) is 11.3. The molecule has 1 aromatic carbocycles. The van der Waals surface area contributed by atoms with E-state index in [-0.39, 0.29) is 5.91 Å². The number of rotatable bonds is 4. The van der Waals surface area contributed by atoms with Crippen molar-refractivity contribution in [1.29, 1.82) is 0 Å². The largest absolute Gasteiger partial charge is 0.324 e. The second-order valence-corrected chi connectivity index (χ2v) is 4.24. The predicted octanol–water partition coefficient (Wildman–Crippen LogP) is 2.65. The summed E-state index contributed by atoms with van der Waals surface area (Å²) in [6.07, 6.45) is 0. The third kappa shape index (κ3) is 4.20. The van der Waals surface area contributed by atoms with E-state index in [1.807, 2.05) is 6.92 Å². The summed E-state index contributed by atoms with van der Waals surface area (Å²) in [6, 6.07) is 5.26. The zero-order valence-corrected chi connectivity index (χ0v) is 10.7. The quantitative estimate of drug-likeness (QED) is 0.895. The maximum absolute atomic E-state index is 11.4. The van der Waals surface area contributed by atoms with Crippen LogP contribution in [-0.4, -0.2) is 19.0 Å². The van der Waals surface area contributed by atoms with Gasteiger partial charge in [-0.15, -0.1) is 0 Å². The van der Waals surface area contributed by atoms with Crippen LogP contribution in [0, 0.1) is 0 Å². The number of likely N-dealkylation sites (N-methyl/N-ethyl adjacent to an activating group) is 1. The molecule has 15 heavy (non-hydrogen) atoms. The smallest absolute Gasteiger partial charge is 0.238 e. The summed E-state index contributed by atoms with van der Waals surface area (Å²) >= 11 is 9.15. The Kier molecular flexibility index (Phi) is 5.08. The molecule has 0 bridgehead atoms. The van der Waals surface area contributed by atoms with Gasteiger partial charge in [-0.25, -0.2) is 0 Å². The highest BCUT2D eigenvalue weighted by Gasteiger charge is 2.05. The van der Waals surface area contributed by atoms with Crippen LogP contribution in [0.2, 0.25) is 5.02 Å². The molecular formula is C10H12BrClN2O. The lowest BCUT2D eigenvalue weighted by atomic mass is 10.3. The number of carbonyl (C=O) groups excluding carboxylic acids is 1. The average Bonchev–Trinajstić information content (AvgIpc) is 2.20. The molecule has 2 N–H and O–H groups in total. The van der Waals surface area contributed by atoms with Crippen molar-refractivity contribution in [3.63, 3.8) is 0 Å². The first kappa shape index (κ1) is 12.5. The standard InChI is InChI=1S/C10H12BrClN2O/c1-2-13-6-10(15)14-9-5-7(12)3-4-8(9)11/h3-5,13H,2,6H2,1H3,(H,14,15). The molecule has 1 rings (SSSR count). The van der Waals surface area contributed by atoms with E-state index in [0.29, 0.717) is 17.3 Å². The summed E-state index contributed by atoms with van der Waals surface area (Å²) in [4.78, 5) is 11.4. The summed E-state index contributed by atoms with van der Waals surface area (Å²) in [5.74, 6) is -0.0835. The number of hydrogen-bond acceptors (Lipinski definition) is 2. The van der Waals surface area contributed by atoms with Gasteiger partial charge in [0.05, 0.1) is 12.2 Å². The Labute approximate surface area is 102 Å². The van der Waals surface area contributed by atoms with Crippen LogP contribution < -0.4 is 10.6 Å². The lowest BCUT2D eigenvalue weighted by molar-refractivity contribution is -0.115. The highest BCUT2D eigenvalue weighted by atomic mass is 79.9. The van der Waals surface area contributed by atoms with E-state index in [0.717, 1.165) is 11.0 Å². The fourth-order valence-electron chi connectivity index (χ4n) is 1.03. The SMILES string of the molecule is CCNCC(=O)Nc1cc(Cl)ccc1Br. The van der Waals surface area contributed by atoms with Gasteiger partial charge in [0.1, 0.15) is 0 Å². The average molecular weight is 292 g/mol. The van der Waals surface area contributed by atoms with Gasteiger partial charge in [0.2, 0.25) is 5.91 Å². The first-order valence-electron chi connectivity index (χ1n) is 4.59. The van der Waals surface area contributed by atoms with E-state index in [4.69, 9.17) is 11.6 Å². The van der Waals surface area contributed by atoms with Crippen LogP contribution in [0.5, 0.6) is 0 Å². The van der Waals surface area contributed by atoms with Crippen molar-refractivity contribution in [3.05, 3.63) is 27.7 Å². The number of nitrogens with one attached hydrogen (secondary N) is 2. The van der Waals surface area contributed by atoms with Gasteiger partial charge in [-0.05, 0) is 40.7 Å². The second-order valence-electron chi connectivity index (χ2n) is 2.95. The second kappa shape index (κ2) is 6.10. The number of carbonyl (C=O) groups is 1. The Morgan fingerprint density at radius 2 is 2.27 bits per heavy atom. The molecule has 0 saturated heterocycles. The molecule has 3 nitrogen and oxygen atoms in total. The van der Waals surface area contributed by atoms with Gasteiger partial charge in [-0.1, -0.05) is 18.5 Å². The minimum Gasteiger partial charge on any atom is -0.324 e. The minimum absolute atomic E-state index is 0.0835. The van der Waals surface area contributed by atoms with E-state index in [1.165, 1.54) is 0 Å². The first-order chi connectivity index (χ1) is 7.13. The maximum atomic E-state index is 11.4. The van der Waals surface area contributed by atoms with E-state index in [9.17, 15) is 4.79 Å². The molecule has 1 amide bonds. The van der Waals surface area contributed by atoms with Crippen LogP contribution in [-0.2, 0) is 4.79 Å². The zero-order valence-electron chi connectivity index (χ0n) is 8.31. The normalized spacial score (nSPS) is 10.1. The van der Waals surface area contributed by atoms with Crippen molar-refractivity contribution in [2.45, 2.75) is 6.92 Å². The Morgan fingerprint density at radius 1 is 1.53 bits per heavy atom. The van der Waals surface area contributed by atoms with Crippen molar-refractivity contribution in [2.75, 3.05) is 18.4 Å². The summed E-state index contributed by atoms with van der Waals surface area (Å²) in [6.45, 7) is 3.02. The van der Waals surface area contributed by atoms with Crippen LogP contribution in [0.3, 0.4) is 0 Å². The van der Waals surface area contributed by atoms with Gasteiger partial charge in [0.15, 0.2) is 0 Å². The lowest BCUT2D eigenvalue weighted by Crippen LogP contribution is -2.27. The molecule has 0 radical (unpaired) electrons. The van der Waals surface area contributed by atoms with Gasteiger partial charge in [-0.2, -0.15) is 0 Å². The summed E-state index contributed by atoms with van der Waals surface area (Å²) in [5, 5.41) is 6.29. The molecule has 82 valence electrons. The number of benzene rings is 1. The maximum Gasteiger partial charge on any atom is 0.238 e. The van der Waals surface area contributed by atoms with Crippen LogP contribution in [0.15, 0.2) is 22.7 Å². The van der Waals surface area contributed by atoms with Crippen LogP contribution in [0.1, 0.15) is 6.92 Å². The molecule has 0 aliphatic rings. The molecule has 0 heterocycles. The highest BCUT2D eigenvalue weighted by Crippen LogP contribution is 2.25. The minimum atomic E-state index is -0.0835. The molecule has 0 saturated carbocycles. The topological polar surface area (TPSA) is 41.1 Å². The van der Waals surface area contributed by atoms with Crippen molar-refractivity contribution >= 4 is 39.1 Å². The third-order valence-corrected chi connectivity index (χ3v) is 2.66. The first-order valence-corrected chi connectivity index (χ1v) is 5.76. The summed E-state index contributed by atoms with van der Waals surface area (Å²) in [5.41, 5.74) is 0.686. The molecule has 0 atom stereocenters. The third-order valence-electron chi connectivity index (χ3n) is 1.74. The van der Waals surface area contributed by atoms with Crippen molar-refractivity contribution in [3.8, 4) is 0 Å². The fourth-order valence-corrected chi connectivity index (χ4v) is 1.54. The number of anilines is 1. The molecule has 0 aliphatic heterocycles. The highest BCUT2D eigenvalue weighted by molar-refractivity contribution is 9.10. The summed E-state index contributed by atoms with van der Waals surface area (Å²) in [7, 11) is 0. The number of hydrogen-bond donors (Lipinski definition) is 2. The molecule has 0 aliphatic carbocycles. The Bertz CT molecular complexity index is 357. The Morgan fingerprint density at radius 3 is 2.93 bits per heavy atom. The lowest BCUT2D eigenvalue weighted by Gasteiger charge is -2.07. The molecule has 0 spiro atoms. The van der Waals surface area contributed by atoms with Gasteiger partial charge >= 0.3 is 0 Å². The Balaban J connectivity index is 2.63. The van der Waals surface area contributed by atoms with Crippen LogP contribution in [0.25, 0.3) is 0 Å². The van der Waals surface area contributed by atoms with Crippen molar-refractivity contribution in [2.24, 2.45) is 0 Å². The number of halogens is 2. The Hall–Kier alpha value is -0.580. The van der Waals surface area contributed by atoms with Crippen molar-refractivity contribution in [1.82, 2.24) is 5.32 Å². The summed E-state index contributed by atoms with van der Waals surface area (Å²) < 4.78 is 0.816. The van der Waals surface area contributed by atoms with Gasteiger partial charge in [0.25, 0.3) is 0 Å². The van der Waals surface area contributed by atoms with E-state index in [2.05, 4.69) is 26.6 Å². The van der Waals surface area contributed by atoms with E-state index < -0.39 is 0 Å². The molecular weight excluding hydrogens is 279 g/mol. The predicted molar refractivity (Wildman–Crippen MR) is 66.3 cm³/mol. The van der Waals surface area contributed by atoms with Gasteiger partial charge in [-0.3, -0.25) is 4.79 Å². The molecule has 0 fully saturated rings. The molecule has 1 aromatic rings. The van der Waals surface area contributed by atoms with Crippen molar-refractivity contribution < 1.29 is 4.79 Å². The molecule has 0 aromatic heterocycles. The fraction of sp³-hybridized carbons (Fsp3) is 0.300. The monoisotopic (exact) mass is 290 g/mol. The van der Waals surface area contributed by atoms with Crippen LogP contribution >= 0.6 is 27.5 Å². The van der Waals surface area contributed by atoms with Crippen LogP contribution in [0.4, 0.5) is 5.69 Å². The molecule has 0 unspecified atom stereocenters. The van der Waals surface area contributed by atoms with Gasteiger partial charge < -0.3 is 10.6 Å². The van der Waals surface area contributed by atoms with E-state index >= 15 is 0 Å². The van der Waals surface area contributed by atoms with Gasteiger partial charge in [0, 0.05) is 9.50 Å². The van der Waals surface area contributed by atoms with E-state index in [1.54, 1.807) is 18.2 Å². The molecule has 5 heteroatoms.